The van der Waals surface area contributed by atoms with Crippen molar-refractivity contribution in [1.29, 1.82) is 0 Å². The minimum atomic E-state index is 0.148. The zero-order valence-electron chi connectivity index (χ0n) is 13.7. The molecule has 2 rings (SSSR count). The highest BCUT2D eigenvalue weighted by Crippen LogP contribution is 2.22. The zero-order chi connectivity index (χ0) is 16.7. The number of carbonyl (C=O) groups excluding carboxylic acids is 1. The molecule has 0 spiro atoms. The van der Waals surface area contributed by atoms with Crippen molar-refractivity contribution in [2.24, 2.45) is 0 Å². The quantitative estimate of drug-likeness (QED) is 0.659. The van der Waals surface area contributed by atoms with E-state index in [4.69, 9.17) is 9.47 Å². The van der Waals surface area contributed by atoms with Gasteiger partial charge >= 0.3 is 0 Å². The van der Waals surface area contributed by atoms with E-state index in [-0.39, 0.29) is 5.78 Å². The van der Waals surface area contributed by atoms with E-state index in [0.29, 0.717) is 6.42 Å². The molecule has 0 saturated heterocycles. The highest BCUT2D eigenvalue weighted by atomic mass is 16.5. The van der Waals surface area contributed by atoms with Gasteiger partial charge in [0.1, 0.15) is 11.5 Å². The molecule has 0 fully saturated rings. The van der Waals surface area contributed by atoms with Crippen molar-refractivity contribution in [2.75, 3.05) is 14.2 Å². The first-order valence-electron chi connectivity index (χ1n) is 7.63. The van der Waals surface area contributed by atoms with E-state index in [1.54, 1.807) is 26.4 Å². The van der Waals surface area contributed by atoms with Crippen LogP contribution in [0.2, 0.25) is 0 Å². The SMILES string of the molecule is C=C(CCCC(=O)c1ccc(OC)cc1)c1ccc(OC)cc1. The molecule has 0 aliphatic rings. The highest BCUT2D eigenvalue weighted by molar-refractivity contribution is 5.96. The van der Waals surface area contributed by atoms with Crippen LogP contribution < -0.4 is 9.47 Å². The molecule has 0 N–H and O–H groups in total. The van der Waals surface area contributed by atoms with Crippen molar-refractivity contribution in [1.82, 2.24) is 0 Å². The minimum Gasteiger partial charge on any atom is -0.497 e. The monoisotopic (exact) mass is 310 g/mol. The fourth-order valence-corrected chi connectivity index (χ4v) is 2.35. The van der Waals surface area contributed by atoms with Crippen LogP contribution in [0, 0.1) is 0 Å². The molecule has 0 amide bonds. The normalized spacial score (nSPS) is 10.2. The number of ketones is 1. The number of methoxy groups -OCH3 is 2. The van der Waals surface area contributed by atoms with Gasteiger partial charge in [0.05, 0.1) is 14.2 Å². The van der Waals surface area contributed by atoms with E-state index in [1.807, 2.05) is 36.4 Å². The van der Waals surface area contributed by atoms with Gasteiger partial charge in [-0.05, 0) is 60.4 Å². The van der Waals surface area contributed by atoms with Gasteiger partial charge in [0.2, 0.25) is 0 Å². The first-order chi connectivity index (χ1) is 11.1. The van der Waals surface area contributed by atoms with Gasteiger partial charge in [-0.15, -0.1) is 0 Å². The van der Waals surface area contributed by atoms with Crippen molar-refractivity contribution >= 4 is 11.4 Å². The van der Waals surface area contributed by atoms with Crippen LogP contribution >= 0.6 is 0 Å². The fourth-order valence-electron chi connectivity index (χ4n) is 2.35. The number of allylic oxidation sites excluding steroid dienone is 1. The molecule has 120 valence electrons. The summed E-state index contributed by atoms with van der Waals surface area (Å²) < 4.78 is 10.2. The lowest BCUT2D eigenvalue weighted by atomic mass is 9.99. The Morgan fingerprint density at radius 1 is 0.826 bits per heavy atom. The average Bonchev–Trinajstić information content (AvgIpc) is 2.61. The topological polar surface area (TPSA) is 35.5 Å². The second kappa shape index (κ2) is 8.18. The van der Waals surface area contributed by atoms with Gasteiger partial charge in [-0.2, -0.15) is 0 Å². The smallest absolute Gasteiger partial charge is 0.162 e. The van der Waals surface area contributed by atoms with E-state index in [9.17, 15) is 4.79 Å². The third-order valence-corrected chi connectivity index (χ3v) is 3.79. The predicted molar refractivity (Wildman–Crippen MR) is 93.2 cm³/mol. The van der Waals surface area contributed by atoms with Gasteiger partial charge in [0.25, 0.3) is 0 Å². The molecule has 0 aliphatic heterocycles. The Morgan fingerprint density at radius 3 is 1.78 bits per heavy atom. The van der Waals surface area contributed by atoms with E-state index in [0.717, 1.165) is 41.0 Å². The van der Waals surface area contributed by atoms with Crippen molar-refractivity contribution in [3.05, 3.63) is 66.2 Å². The number of rotatable bonds is 8. The van der Waals surface area contributed by atoms with E-state index in [1.165, 1.54) is 0 Å². The van der Waals surface area contributed by atoms with Crippen LogP contribution in [0.1, 0.15) is 35.2 Å². The molecule has 2 aromatic carbocycles. The third kappa shape index (κ3) is 4.71. The molecule has 23 heavy (non-hydrogen) atoms. The van der Waals surface area contributed by atoms with E-state index < -0.39 is 0 Å². The number of carbonyl (C=O) groups is 1. The minimum absolute atomic E-state index is 0.148. The van der Waals surface area contributed by atoms with Crippen molar-refractivity contribution < 1.29 is 14.3 Å². The maximum Gasteiger partial charge on any atom is 0.162 e. The number of benzene rings is 2. The third-order valence-electron chi connectivity index (χ3n) is 3.79. The summed E-state index contributed by atoms with van der Waals surface area (Å²) in [6.45, 7) is 4.10. The predicted octanol–water partition coefficient (Wildman–Crippen LogP) is 4.77. The molecular weight excluding hydrogens is 288 g/mol. The Balaban J connectivity index is 1.83. The van der Waals surface area contributed by atoms with Gasteiger partial charge in [-0.1, -0.05) is 18.7 Å². The molecule has 0 atom stereocenters. The van der Waals surface area contributed by atoms with Gasteiger partial charge < -0.3 is 9.47 Å². The largest absolute Gasteiger partial charge is 0.497 e. The molecular formula is C20H22O3. The van der Waals surface area contributed by atoms with Gasteiger partial charge in [-0.25, -0.2) is 0 Å². The van der Waals surface area contributed by atoms with Crippen molar-refractivity contribution in [3.63, 3.8) is 0 Å². The summed E-state index contributed by atoms with van der Waals surface area (Å²) in [6, 6.07) is 15.1. The maximum atomic E-state index is 12.2. The van der Waals surface area contributed by atoms with Crippen LogP contribution in [0.5, 0.6) is 11.5 Å². The number of ether oxygens (including phenoxy) is 2. The van der Waals surface area contributed by atoms with Crippen molar-refractivity contribution in [2.45, 2.75) is 19.3 Å². The summed E-state index contributed by atoms with van der Waals surface area (Å²) in [5.74, 6) is 1.74. The van der Waals surface area contributed by atoms with Crippen LogP contribution in [0.4, 0.5) is 0 Å². The number of hydrogen-bond donors (Lipinski definition) is 0. The molecule has 0 radical (unpaired) electrons. The highest BCUT2D eigenvalue weighted by Gasteiger charge is 2.07. The van der Waals surface area contributed by atoms with Crippen LogP contribution in [-0.4, -0.2) is 20.0 Å². The fraction of sp³-hybridized carbons (Fsp3) is 0.250. The summed E-state index contributed by atoms with van der Waals surface area (Å²) in [6.07, 6.45) is 2.10. The Bertz CT molecular complexity index is 595. The molecule has 2 aromatic rings. The number of Topliss-reactive ketones (excluding diaryl/α,β-unsaturated/α-hetero) is 1. The first kappa shape index (κ1) is 16.8. The Labute approximate surface area is 137 Å². The van der Waals surface area contributed by atoms with Gasteiger partial charge in [0.15, 0.2) is 5.78 Å². The summed E-state index contributed by atoms with van der Waals surface area (Å²) in [5, 5.41) is 0. The Kier molecular flexibility index (Phi) is 5.98. The van der Waals surface area contributed by atoms with Gasteiger partial charge in [0, 0.05) is 12.0 Å². The summed E-state index contributed by atoms with van der Waals surface area (Å²) in [4.78, 5) is 12.2. The Morgan fingerprint density at radius 2 is 1.30 bits per heavy atom. The van der Waals surface area contributed by atoms with Crippen LogP contribution in [-0.2, 0) is 0 Å². The molecule has 3 heteroatoms. The lowest BCUT2D eigenvalue weighted by molar-refractivity contribution is 0.0980. The van der Waals surface area contributed by atoms with Crippen molar-refractivity contribution in [3.8, 4) is 11.5 Å². The number of hydrogen-bond acceptors (Lipinski definition) is 3. The van der Waals surface area contributed by atoms with Crippen LogP contribution in [0.3, 0.4) is 0 Å². The maximum absolute atomic E-state index is 12.2. The zero-order valence-corrected chi connectivity index (χ0v) is 13.7. The lowest BCUT2D eigenvalue weighted by Crippen LogP contribution is -1.99. The van der Waals surface area contributed by atoms with Crippen LogP contribution in [0.25, 0.3) is 5.57 Å². The standard InChI is InChI=1S/C20H22O3/c1-15(16-7-11-18(22-2)12-8-16)5-4-6-20(21)17-9-13-19(23-3)14-10-17/h7-14H,1,4-6H2,2-3H3. The molecule has 0 aliphatic carbocycles. The van der Waals surface area contributed by atoms with Gasteiger partial charge in [-0.3, -0.25) is 4.79 Å². The summed E-state index contributed by atoms with van der Waals surface area (Å²) in [5.41, 5.74) is 2.85. The first-order valence-corrected chi connectivity index (χ1v) is 7.63. The van der Waals surface area contributed by atoms with Crippen LogP contribution in [0.15, 0.2) is 55.1 Å². The average molecular weight is 310 g/mol. The molecule has 0 aromatic heterocycles. The molecule has 0 heterocycles. The molecule has 3 nitrogen and oxygen atoms in total. The summed E-state index contributed by atoms with van der Waals surface area (Å²) in [7, 11) is 3.26. The van der Waals surface area contributed by atoms with E-state index >= 15 is 0 Å². The molecule has 0 unspecified atom stereocenters. The Hall–Kier alpha value is -2.55. The van der Waals surface area contributed by atoms with E-state index in [2.05, 4.69) is 6.58 Å². The summed E-state index contributed by atoms with van der Waals surface area (Å²) >= 11 is 0. The molecule has 0 bridgehead atoms. The lowest BCUT2D eigenvalue weighted by Gasteiger charge is -2.07. The second-order valence-corrected chi connectivity index (χ2v) is 5.34. The second-order valence-electron chi connectivity index (χ2n) is 5.34. The molecule has 0 saturated carbocycles.